The van der Waals surface area contributed by atoms with Crippen LogP contribution in [-0.2, 0) is 87.9 Å². The van der Waals surface area contributed by atoms with Crippen molar-refractivity contribution in [3.8, 4) is 0 Å². The molecule has 0 aromatic heterocycles. The SMILES string of the molecule is CCC[C@H](NC(=O)[C@@H]1CCCN1C(=O)[C@@H](NC(=O)[C@@H](NC(=O)[C@H](CCC(=O)O)NC(=O)[C@H](CCC(=O)O)NC(C)=O)C(C)C)C(C)C)C(=O)C(=O)NCC(=O)N[C@H](CCC(N)=O)C(=O)N[C@H](CC(C)=O)C(=O)N[C@@H](Cc1ccc(C)cc1)C(=O)N[C@@H](CC)C(N)=O. The zero-order valence-electron chi connectivity index (χ0n) is 52.8. The largest absolute Gasteiger partial charge is 0.481 e. The number of amides is 13. The van der Waals surface area contributed by atoms with E-state index in [0.29, 0.717) is 5.56 Å². The fourth-order valence-electron chi connectivity index (χ4n) is 9.51. The summed E-state index contributed by atoms with van der Waals surface area (Å²) in [6.07, 6.45) is -3.12. The second-order valence-corrected chi connectivity index (χ2v) is 22.9. The van der Waals surface area contributed by atoms with Gasteiger partial charge in [0.25, 0.3) is 5.91 Å². The van der Waals surface area contributed by atoms with Crippen LogP contribution in [-0.4, -0.2) is 189 Å². The minimum absolute atomic E-state index is 0.00909. The molecule has 13 amide bonds. The Labute approximate surface area is 526 Å². The molecule has 2 rings (SSSR count). The highest BCUT2D eigenvalue weighted by Crippen LogP contribution is 2.22. The van der Waals surface area contributed by atoms with Crippen LogP contribution in [0.25, 0.3) is 0 Å². The Morgan fingerprint density at radius 1 is 0.560 bits per heavy atom. The molecule has 0 bridgehead atoms. The van der Waals surface area contributed by atoms with Crippen molar-refractivity contribution in [1.82, 2.24) is 58.1 Å². The lowest BCUT2D eigenvalue weighted by molar-refractivity contribution is -0.144. The Morgan fingerprint density at radius 2 is 1.04 bits per heavy atom. The molecule has 0 radical (unpaired) electrons. The van der Waals surface area contributed by atoms with Crippen LogP contribution in [0.1, 0.15) is 144 Å². The molecule has 32 nitrogen and oxygen atoms in total. The second kappa shape index (κ2) is 38.2. The summed E-state index contributed by atoms with van der Waals surface area (Å²) < 4.78 is 0. The van der Waals surface area contributed by atoms with Crippen molar-refractivity contribution >= 4 is 100 Å². The van der Waals surface area contributed by atoms with Gasteiger partial charge < -0.3 is 79.7 Å². The van der Waals surface area contributed by atoms with Crippen molar-refractivity contribution in [2.24, 2.45) is 23.3 Å². The highest BCUT2D eigenvalue weighted by molar-refractivity contribution is 6.38. The number of rotatable bonds is 40. The molecule has 0 spiro atoms. The van der Waals surface area contributed by atoms with Gasteiger partial charge in [-0.05, 0) is 76.2 Å². The number of carbonyl (C=O) groups excluding carboxylic acids is 15. The average Bonchev–Trinajstić information content (AvgIpc) is 1.86. The average molecular weight is 1280 g/mol. The van der Waals surface area contributed by atoms with Gasteiger partial charge in [-0.25, -0.2) is 0 Å². The van der Waals surface area contributed by atoms with E-state index in [4.69, 9.17) is 16.6 Å². The molecule has 16 N–H and O–H groups in total. The smallest absolute Gasteiger partial charge is 0.303 e. The topological polar surface area (TPSA) is 506 Å². The minimum Gasteiger partial charge on any atom is -0.481 e. The summed E-state index contributed by atoms with van der Waals surface area (Å²) in [4.78, 5) is 223. The predicted molar refractivity (Wildman–Crippen MR) is 322 cm³/mol. The number of carbonyl (C=O) groups is 17. The predicted octanol–water partition coefficient (Wildman–Crippen LogP) is -3.42. The quantitative estimate of drug-likeness (QED) is 0.0285. The molecule has 0 saturated carbocycles. The van der Waals surface area contributed by atoms with Gasteiger partial charge in [-0.2, -0.15) is 0 Å². The van der Waals surface area contributed by atoms with Gasteiger partial charge in [0.05, 0.1) is 12.6 Å². The molecule has 1 saturated heterocycles. The normalized spacial score (nSPS) is 15.6. The van der Waals surface area contributed by atoms with E-state index in [1.54, 1.807) is 65.8 Å². The zero-order chi connectivity index (χ0) is 69.0. The van der Waals surface area contributed by atoms with Gasteiger partial charge in [-0.1, -0.05) is 77.8 Å². The Balaban J connectivity index is 2.27. The third-order valence-electron chi connectivity index (χ3n) is 14.5. The summed E-state index contributed by atoms with van der Waals surface area (Å²) >= 11 is 0. The van der Waals surface area contributed by atoms with Gasteiger partial charge in [0.2, 0.25) is 76.7 Å². The van der Waals surface area contributed by atoms with Crippen LogP contribution in [0, 0.1) is 18.8 Å². The van der Waals surface area contributed by atoms with Crippen molar-refractivity contribution < 1.29 is 91.7 Å². The number of carboxylic acid groups (broad SMARTS) is 2. The standard InChI is InChI=1S/C59H89N13O19/c1-10-13-36(66-56(88)42-14-12-25-72(42)59(91)48(30(5)6)71-57(89)47(29(3)4)70-53(85)39(21-24-46(79)80)67-51(83)37(63-33(9)74)20-23-45(77)78)49(81)58(90)62-28-44(76)64-38(19-22-43(60)75)52(84)68-40(26-32(8)73)54(86)69-41(27-34-17-15-31(7)16-18-34)55(87)65-35(11-2)50(61)82/h15-18,29-30,35-42,47-48H,10-14,19-28H2,1-9H3,(H2,60,75)(H2,61,82)(H,62,90)(H,63,74)(H,64,76)(H,65,87)(H,66,88)(H,67,83)(H,68,84)(H,69,86)(H,70,85)(H,71,89)(H,77,78)(H,79,80)/t35-,36-,37-,38+,39-,40+,41-,42-,47-,48-/m0/s1. The van der Waals surface area contributed by atoms with E-state index in [1.807, 2.05) is 6.92 Å². The van der Waals surface area contributed by atoms with Crippen LogP contribution < -0.4 is 64.6 Å². The number of nitrogens with zero attached hydrogens (tertiary/aromatic N) is 1. The number of aliphatic carboxylic acids is 2. The number of aryl methyl sites for hydroxylation is 1. The third kappa shape index (κ3) is 27.1. The molecule has 1 aliphatic rings. The third-order valence-corrected chi connectivity index (χ3v) is 14.5. The summed E-state index contributed by atoms with van der Waals surface area (Å²) in [7, 11) is 0. The van der Waals surface area contributed by atoms with E-state index in [9.17, 15) is 86.6 Å². The number of nitrogens with two attached hydrogens (primary N) is 2. The lowest BCUT2D eigenvalue weighted by Crippen LogP contribution is -2.61. The molecule has 0 unspecified atom stereocenters. The number of hydrogen-bond donors (Lipinski definition) is 14. The maximum absolute atomic E-state index is 14.4. The van der Waals surface area contributed by atoms with E-state index in [-0.39, 0.29) is 51.5 Å². The Kier molecular flexibility index (Phi) is 32.6. The Bertz CT molecular complexity index is 2850. The van der Waals surface area contributed by atoms with E-state index in [0.717, 1.165) is 19.4 Å². The zero-order valence-corrected chi connectivity index (χ0v) is 52.8. The molecule has 0 aliphatic carbocycles. The number of nitrogens with one attached hydrogen (secondary N) is 10. The molecule has 1 aliphatic heterocycles. The minimum atomic E-state index is -1.67. The summed E-state index contributed by atoms with van der Waals surface area (Å²) in [6, 6.07) is -7.38. The first-order chi connectivity index (χ1) is 42.6. The van der Waals surface area contributed by atoms with Crippen LogP contribution in [0.3, 0.4) is 0 Å². The Hall–Kier alpha value is -9.39. The monoisotopic (exact) mass is 1280 g/mol. The molecule has 32 heteroatoms. The maximum atomic E-state index is 14.4. The Morgan fingerprint density at radius 3 is 1.55 bits per heavy atom. The molecule has 10 atom stereocenters. The van der Waals surface area contributed by atoms with Gasteiger partial charge in [0.15, 0.2) is 0 Å². The van der Waals surface area contributed by atoms with Gasteiger partial charge in [-0.3, -0.25) is 81.5 Å². The van der Waals surface area contributed by atoms with Crippen LogP contribution in [0.15, 0.2) is 24.3 Å². The molecule has 1 aromatic rings. The van der Waals surface area contributed by atoms with Gasteiger partial charge >= 0.3 is 11.9 Å². The summed E-state index contributed by atoms with van der Waals surface area (Å²) in [6.45, 7) is 12.6. The van der Waals surface area contributed by atoms with E-state index >= 15 is 0 Å². The molecular weight excluding hydrogens is 1190 g/mol. The number of hydrogen-bond acceptors (Lipinski definition) is 17. The molecule has 1 fully saturated rings. The van der Waals surface area contributed by atoms with Crippen molar-refractivity contribution in [1.29, 1.82) is 0 Å². The summed E-state index contributed by atoms with van der Waals surface area (Å²) in [5.41, 5.74) is 12.3. The second-order valence-electron chi connectivity index (χ2n) is 22.9. The number of carboxylic acids is 2. The van der Waals surface area contributed by atoms with E-state index < -0.39 is 218 Å². The van der Waals surface area contributed by atoms with Crippen LogP contribution >= 0.6 is 0 Å². The van der Waals surface area contributed by atoms with Crippen molar-refractivity contribution in [2.75, 3.05) is 13.1 Å². The number of benzene rings is 1. The van der Waals surface area contributed by atoms with Crippen molar-refractivity contribution in [3.05, 3.63) is 35.4 Å². The van der Waals surface area contributed by atoms with Crippen molar-refractivity contribution in [3.63, 3.8) is 0 Å². The maximum Gasteiger partial charge on any atom is 0.303 e. The van der Waals surface area contributed by atoms with Crippen molar-refractivity contribution in [2.45, 2.75) is 206 Å². The highest BCUT2D eigenvalue weighted by atomic mass is 16.4. The molecular formula is C59H89N13O19. The fourth-order valence-corrected chi connectivity index (χ4v) is 9.51. The van der Waals surface area contributed by atoms with E-state index in [1.165, 1.54) is 4.90 Å². The molecule has 1 aromatic carbocycles. The highest BCUT2D eigenvalue weighted by Gasteiger charge is 2.42. The fraction of sp³-hybridized carbons (Fsp3) is 0.610. The van der Waals surface area contributed by atoms with Gasteiger partial charge in [-0.15, -0.1) is 0 Å². The molecule has 91 heavy (non-hydrogen) atoms. The first-order valence-corrected chi connectivity index (χ1v) is 30.0. The first kappa shape index (κ1) is 77.7. The van der Waals surface area contributed by atoms with E-state index in [2.05, 4.69) is 53.2 Å². The number of Topliss-reactive ketones (excluding diaryl/α,β-unsaturated/α-hetero) is 2. The summed E-state index contributed by atoms with van der Waals surface area (Å²) in [5.74, 6) is -18.1. The number of primary amides is 2. The van der Waals surface area contributed by atoms with Gasteiger partial charge in [0.1, 0.15) is 60.2 Å². The van der Waals surface area contributed by atoms with Crippen LogP contribution in [0.2, 0.25) is 0 Å². The van der Waals surface area contributed by atoms with Crippen LogP contribution in [0.4, 0.5) is 0 Å². The first-order valence-electron chi connectivity index (χ1n) is 30.0. The summed E-state index contributed by atoms with van der Waals surface area (Å²) in [5, 5.41) is 42.6. The lowest BCUT2D eigenvalue weighted by atomic mass is 9.98. The number of likely N-dealkylation sites (tertiary alicyclic amines) is 1. The molecule has 504 valence electrons. The number of ketones is 2. The van der Waals surface area contributed by atoms with Crippen LogP contribution in [0.5, 0.6) is 0 Å². The van der Waals surface area contributed by atoms with Gasteiger partial charge in [0, 0.05) is 45.6 Å². The lowest BCUT2D eigenvalue weighted by Gasteiger charge is -2.33. The molecule has 1 heterocycles.